The Hall–Kier alpha value is -4.02. The molecule has 0 aliphatic carbocycles. The Morgan fingerprint density at radius 2 is 1.94 bits per heavy atom. The van der Waals surface area contributed by atoms with Crippen molar-refractivity contribution in [2.24, 2.45) is 5.10 Å². The number of nitrogens with zero attached hydrogens (tertiary/aromatic N) is 3. The molecule has 0 aliphatic rings. The molecule has 0 saturated heterocycles. The first kappa shape index (κ1) is 22.7. The normalized spacial score (nSPS) is 11.6. The van der Waals surface area contributed by atoms with E-state index in [4.69, 9.17) is 0 Å². The molecule has 0 unspecified atom stereocenters. The van der Waals surface area contributed by atoms with Crippen LogP contribution in [0.1, 0.15) is 32.7 Å². The molecular weight excluding hydrogens is 430 g/mol. The van der Waals surface area contributed by atoms with Crippen molar-refractivity contribution in [3.63, 3.8) is 0 Å². The van der Waals surface area contributed by atoms with E-state index in [2.05, 4.69) is 25.8 Å². The summed E-state index contributed by atoms with van der Waals surface area (Å²) in [4.78, 5) is 20.1. The summed E-state index contributed by atoms with van der Waals surface area (Å²) in [6, 6.07) is 6.93. The van der Waals surface area contributed by atoms with E-state index in [0.29, 0.717) is 5.56 Å². The predicted octanol–water partition coefficient (Wildman–Crippen LogP) is 4.66. The highest BCUT2D eigenvalue weighted by Crippen LogP contribution is 2.31. The van der Waals surface area contributed by atoms with E-state index in [1.807, 2.05) is 0 Å². The number of alkyl halides is 3. The van der Waals surface area contributed by atoms with Gasteiger partial charge in [0.1, 0.15) is 5.75 Å². The maximum Gasteiger partial charge on any atom is 0.416 e. The minimum absolute atomic E-state index is 0.0230. The number of nitrogens with one attached hydrogen (secondary N) is 2. The van der Waals surface area contributed by atoms with Gasteiger partial charge in [-0.3, -0.25) is 4.79 Å². The molecule has 1 amide bonds. The smallest absolute Gasteiger partial charge is 0.416 e. The minimum Gasteiger partial charge on any atom is -0.507 e. The van der Waals surface area contributed by atoms with Gasteiger partial charge in [-0.2, -0.15) is 18.3 Å². The fourth-order valence-corrected chi connectivity index (χ4v) is 2.68. The number of hydrazone groups is 1. The van der Waals surface area contributed by atoms with E-state index < -0.39 is 23.5 Å². The molecule has 1 heterocycles. The zero-order valence-corrected chi connectivity index (χ0v) is 16.8. The number of benzene rings is 2. The Morgan fingerprint density at radius 3 is 2.62 bits per heavy atom. The lowest BCUT2D eigenvalue weighted by atomic mass is 10.0. The number of carbonyl (C=O) groups is 1. The van der Waals surface area contributed by atoms with Gasteiger partial charge in [-0.1, -0.05) is 6.07 Å². The van der Waals surface area contributed by atoms with Gasteiger partial charge >= 0.3 is 6.18 Å². The average molecular weight is 447 g/mol. The molecule has 32 heavy (non-hydrogen) atoms. The van der Waals surface area contributed by atoms with Crippen LogP contribution in [0.5, 0.6) is 5.75 Å². The highest BCUT2D eigenvalue weighted by molar-refractivity contribution is 6.05. The maximum atomic E-state index is 13.2. The average Bonchev–Trinajstić information content (AvgIpc) is 2.73. The van der Waals surface area contributed by atoms with E-state index in [9.17, 15) is 27.5 Å². The van der Waals surface area contributed by atoms with Crippen LogP contribution in [-0.2, 0) is 6.18 Å². The second-order valence-corrected chi connectivity index (χ2v) is 6.76. The van der Waals surface area contributed by atoms with Crippen LogP contribution in [0.25, 0.3) is 0 Å². The SMILES string of the molecule is Cc1cc(C(=O)Nc2cccc(C(F)(F)F)c2)cc(/C=N\Nc2ncc(F)c(C)n2)c1O. The molecule has 11 heteroatoms. The number of amides is 1. The Kier molecular flexibility index (Phi) is 6.37. The number of rotatable bonds is 5. The summed E-state index contributed by atoms with van der Waals surface area (Å²) in [6.45, 7) is 3.00. The van der Waals surface area contributed by atoms with Crippen LogP contribution in [0.15, 0.2) is 47.7 Å². The Bertz CT molecular complexity index is 1200. The lowest BCUT2D eigenvalue weighted by molar-refractivity contribution is -0.137. The van der Waals surface area contributed by atoms with Crippen molar-refractivity contribution in [2.45, 2.75) is 20.0 Å². The first-order valence-corrected chi connectivity index (χ1v) is 9.15. The number of hydrogen-bond donors (Lipinski definition) is 3. The molecule has 7 nitrogen and oxygen atoms in total. The number of phenols is 1. The number of phenolic OH excluding ortho intramolecular Hbond substituents is 1. The summed E-state index contributed by atoms with van der Waals surface area (Å²) in [6.07, 6.45) is -2.37. The third-order valence-electron chi connectivity index (χ3n) is 4.33. The largest absolute Gasteiger partial charge is 0.507 e. The van der Waals surface area contributed by atoms with Crippen LogP contribution < -0.4 is 10.7 Å². The third kappa shape index (κ3) is 5.36. The molecular formula is C21H17F4N5O2. The van der Waals surface area contributed by atoms with Crippen molar-refractivity contribution >= 4 is 23.8 Å². The molecule has 0 spiro atoms. The lowest BCUT2D eigenvalue weighted by Gasteiger charge is -2.11. The van der Waals surface area contributed by atoms with E-state index >= 15 is 0 Å². The van der Waals surface area contributed by atoms with Gasteiger partial charge in [0, 0.05) is 16.8 Å². The second-order valence-electron chi connectivity index (χ2n) is 6.76. The number of aromatic nitrogens is 2. The summed E-state index contributed by atoms with van der Waals surface area (Å²) in [5.74, 6) is -1.38. The quantitative estimate of drug-likeness (QED) is 0.300. The van der Waals surface area contributed by atoms with Crippen LogP contribution in [-0.4, -0.2) is 27.2 Å². The highest BCUT2D eigenvalue weighted by Gasteiger charge is 2.30. The molecule has 3 aromatic rings. The minimum atomic E-state index is -4.54. The van der Waals surface area contributed by atoms with E-state index in [1.165, 1.54) is 37.4 Å². The zero-order valence-electron chi connectivity index (χ0n) is 16.8. The van der Waals surface area contributed by atoms with Crippen molar-refractivity contribution in [3.05, 3.63) is 76.4 Å². The second kappa shape index (κ2) is 9.00. The van der Waals surface area contributed by atoms with Crippen LogP contribution in [0.4, 0.5) is 29.2 Å². The van der Waals surface area contributed by atoms with Crippen LogP contribution >= 0.6 is 0 Å². The van der Waals surface area contributed by atoms with Crippen LogP contribution in [0, 0.1) is 19.7 Å². The molecule has 0 bridgehead atoms. The highest BCUT2D eigenvalue weighted by atomic mass is 19.4. The molecule has 0 saturated carbocycles. The van der Waals surface area contributed by atoms with Crippen LogP contribution in [0.3, 0.4) is 0 Å². The van der Waals surface area contributed by atoms with Crippen molar-refractivity contribution in [3.8, 4) is 5.75 Å². The van der Waals surface area contributed by atoms with Crippen molar-refractivity contribution in [1.29, 1.82) is 0 Å². The third-order valence-corrected chi connectivity index (χ3v) is 4.33. The molecule has 1 aromatic heterocycles. The lowest BCUT2D eigenvalue weighted by Crippen LogP contribution is -2.14. The summed E-state index contributed by atoms with van der Waals surface area (Å²) in [7, 11) is 0. The van der Waals surface area contributed by atoms with Crippen LogP contribution in [0.2, 0.25) is 0 Å². The van der Waals surface area contributed by atoms with Gasteiger partial charge in [0.15, 0.2) is 5.82 Å². The van der Waals surface area contributed by atoms with Gasteiger partial charge in [0.25, 0.3) is 5.91 Å². The number of carbonyl (C=O) groups excluding carboxylic acids is 1. The molecule has 0 atom stereocenters. The monoisotopic (exact) mass is 447 g/mol. The molecule has 3 rings (SSSR count). The van der Waals surface area contributed by atoms with Crippen molar-refractivity contribution in [1.82, 2.24) is 9.97 Å². The van der Waals surface area contributed by atoms with E-state index in [-0.39, 0.29) is 34.2 Å². The van der Waals surface area contributed by atoms with Gasteiger partial charge in [0.2, 0.25) is 5.95 Å². The number of halogens is 4. The topological polar surface area (TPSA) is 99.5 Å². The summed E-state index contributed by atoms with van der Waals surface area (Å²) >= 11 is 0. The van der Waals surface area contributed by atoms with Gasteiger partial charge < -0.3 is 10.4 Å². The van der Waals surface area contributed by atoms with Gasteiger partial charge in [-0.15, -0.1) is 0 Å². The van der Waals surface area contributed by atoms with Gasteiger partial charge in [-0.25, -0.2) is 19.8 Å². The number of hydrogen-bond acceptors (Lipinski definition) is 6. The van der Waals surface area contributed by atoms with Crippen molar-refractivity contribution in [2.75, 3.05) is 10.7 Å². The summed E-state index contributed by atoms with van der Waals surface area (Å²) in [5.41, 5.74) is 2.26. The molecule has 0 radical (unpaired) electrons. The van der Waals surface area contributed by atoms with E-state index in [1.54, 1.807) is 6.92 Å². The zero-order chi connectivity index (χ0) is 23.5. The number of anilines is 2. The van der Waals surface area contributed by atoms with E-state index in [0.717, 1.165) is 18.3 Å². The molecule has 0 fully saturated rings. The first-order chi connectivity index (χ1) is 15.0. The number of aromatic hydroxyl groups is 1. The summed E-state index contributed by atoms with van der Waals surface area (Å²) < 4.78 is 51.8. The summed E-state index contributed by atoms with van der Waals surface area (Å²) in [5, 5.41) is 16.5. The Morgan fingerprint density at radius 1 is 1.19 bits per heavy atom. The first-order valence-electron chi connectivity index (χ1n) is 9.15. The standard InChI is InChI=1S/C21H17F4N5O2/c1-11-6-13(19(32)29-16-5-3-4-15(8-16)21(23,24)25)7-14(18(11)31)9-27-30-20-26-10-17(22)12(2)28-20/h3-10,31H,1-2H3,(H,29,32)(H,26,28,30)/b27-9-. The molecule has 2 aromatic carbocycles. The van der Waals surface area contributed by atoms with Gasteiger partial charge in [0.05, 0.1) is 23.7 Å². The molecule has 0 aliphatic heterocycles. The maximum absolute atomic E-state index is 13.2. The van der Waals surface area contributed by atoms with Crippen molar-refractivity contribution < 1.29 is 27.5 Å². The Balaban J connectivity index is 1.80. The fraction of sp³-hybridized carbons (Fsp3) is 0.143. The predicted molar refractivity (Wildman–Crippen MR) is 110 cm³/mol. The fourth-order valence-electron chi connectivity index (χ4n) is 2.68. The Labute approximate surface area is 179 Å². The van der Waals surface area contributed by atoms with Gasteiger partial charge in [-0.05, 0) is 49.7 Å². The molecule has 166 valence electrons. The molecule has 3 N–H and O–H groups in total. The number of aryl methyl sites for hydroxylation is 2.